The summed E-state index contributed by atoms with van der Waals surface area (Å²) in [4.78, 5) is 11.9. The second-order valence-corrected chi connectivity index (χ2v) is 4.52. The number of halogens is 2. The van der Waals surface area contributed by atoms with E-state index in [4.69, 9.17) is 16.3 Å². The van der Waals surface area contributed by atoms with Gasteiger partial charge in [0, 0.05) is 20.2 Å². The Kier molecular flexibility index (Phi) is 4.16. The molecular formula is C12H14ClFN2O2. The molecule has 1 heterocycles. The Morgan fingerprint density at radius 3 is 3.06 bits per heavy atom. The van der Waals surface area contributed by atoms with Crippen molar-refractivity contribution in [2.75, 3.05) is 20.2 Å². The highest BCUT2D eigenvalue weighted by atomic mass is 35.5. The molecule has 1 amide bonds. The normalized spacial score (nSPS) is 23.1. The lowest BCUT2D eigenvalue weighted by molar-refractivity contribution is 0.0777. The van der Waals surface area contributed by atoms with Gasteiger partial charge >= 0.3 is 0 Å². The number of hydrogen-bond acceptors (Lipinski definition) is 3. The summed E-state index contributed by atoms with van der Waals surface area (Å²) in [5.74, 6) is -1.18. The average molecular weight is 273 g/mol. The summed E-state index contributed by atoms with van der Waals surface area (Å²) in [7, 11) is 1.58. The summed E-state index contributed by atoms with van der Waals surface area (Å²) in [5.41, 5.74) is -0.0516. The Morgan fingerprint density at radius 2 is 2.33 bits per heavy atom. The van der Waals surface area contributed by atoms with Crippen LogP contribution < -0.4 is 10.6 Å². The number of nitrogens with one attached hydrogen (secondary N) is 2. The van der Waals surface area contributed by atoms with Crippen LogP contribution in [0, 0.1) is 5.82 Å². The Hall–Kier alpha value is -1.17. The number of carbonyl (C=O) groups excluding carboxylic acids is 1. The third-order valence-corrected chi connectivity index (χ3v) is 3.27. The topological polar surface area (TPSA) is 50.4 Å². The lowest BCUT2D eigenvalue weighted by Gasteiger charge is -2.18. The van der Waals surface area contributed by atoms with E-state index in [2.05, 4.69) is 10.6 Å². The maximum Gasteiger partial charge on any atom is 0.254 e. The number of amides is 1. The fourth-order valence-corrected chi connectivity index (χ4v) is 2.15. The minimum absolute atomic E-state index is 0.0516. The maximum atomic E-state index is 13.7. The highest BCUT2D eigenvalue weighted by molar-refractivity contribution is 6.31. The van der Waals surface area contributed by atoms with Crippen LogP contribution in [0.4, 0.5) is 4.39 Å². The number of rotatable bonds is 3. The van der Waals surface area contributed by atoms with E-state index in [9.17, 15) is 9.18 Å². The molecule has 1 aromatic rings. The van der Waals surface area contributed by atoms with E-state index in [1.807, 2.05) is 0 Å². The monoisotopic (exact) mass is 272 g/mol. The van der Waals surface area contributed by atoms with E-state index in [1.54, 1.807) is 13.2 Å². The summed E-state index contributed by atoms with van der Waals surface area (Å²) in [6, 6.07) is 4.19. The Balaban J connectivity index is 2.10. The largest absolute Gasteiger partial charge is 0.378 e. The molecule has 1 unspecified atom stereocenters. The zero-order valence-electron chi connectivity index (χ0n) is 9.87. The first kappa shape index (κ1) is 13.3. The molecular weight excluding hydrogens is 259 g/mol. The lowest BCUT2D eigenvalue weighted by atomic mass is 10.1. The third-order valence-electron chi connectivity index (χ3n) is 2.97. The second kappa shape index (κ2) is 5.65. The van der Waals surface area contributed by atoms with Crippen LogP contribution >= 0.6 is 11.6 Å². The molecule has 1 aliphatic rings. The van der Waals surface area contributed by atoms with Crippen LogP contribution in [0.3, 0.4) is 0 Å². The van der Waals surface area contributed by atoms with Gasteiger partial charge in [0.2, 0.25) is 0 Å². The van der Waals surface area contributed by atoms with Crippen molar-refractivity contribution >= 4 is 17.5 Å². The lowest BCUT2D eigenvalue weighted by Crippen LogP contribution is -2.43. The SMILES string of the molecule is CO[C@H]1CNCC1NC(=O)c1cccc(Cl)c1F. The van der Waals surface area contributed by atoms with E-state index < -0.39 is 11.7 Å². The number of benzene rings is 1. The van der Waals surface area contributed by atoms with Crippen molar-refractivity contribution in [3.8, 4) is 0 Å². The molecule has 0 bridgehead atoms. The first-order valence-electron chi connectivity index (χ1n) is 5.62. The van der Waals surface area contributed by atoms with Crippen LogP contribution in [0.2, 0.25) is 5.02 Å². The summed E-state index contributed by atoms with van der Waals surface area (Å²) in [6.07, 6.45) is -0.101. The predicted molar refractivity (Wildman–Crippen MR) is 66.3 cm³/mol. The van der Waals surface area contributed by atoms with E-state index in [-0.39, 0.29) is 22.7 Å². The van der Waals surface area contributed by atoms with Crippen molar-refractivity contribution in [3.63, 3.8) is 0 Å². The molecule has 18 heavy (non-hydrogen) atoms. The van der Waals surface area contributed by atoms with E-state index in [1.165, 1.54) is 12.1 Å². The van der Waals surface area contributed by atoms with Gasteiger partial charge in [-0.15, -0.1) is 0 Å². The molecule has 1 fully saturated rings. The Labute approximate surface area is 109 Å². The molecule has 2 N–H and O–H groups in total. The molecule has 2 rings (SSSR count). The van der Waals surface area contributed by atoms with Gasteiger partial charge in [0.1, 0.15) is 0 Å². The zero-order chi connectivity index (χ0) is 13.1. The van der Waals surface area contributed by atoms with Gasteiger partial charge in [-0.05, 0) is 12.1 Å². The van der Waals surface area contributed by atoms with Gasteiger partial charge in [-0.2, -0.15) is 0 Å². The van der Waals surface area contributed by atoms with Crippen LogP contribution in [0.1, 0.15) is 10.4 Å². The summed E-state index contributed by atoms with van der Waals surface area (Å²) in [5, 5.41) is 5.78. The molecule has 6 heteroatoms. The van der Waals surface area contributed by atoms with Gasteiger partial charge in [0.05, 0.1) is 22.7 Å². The fraction of sp³-hybridized carbons (Fsp3) is 0.417. The van der Waals surface area contributed by atoms with Gasteiger partial charge in [0.15, 0.2) is 5.82 Å². The quantitative estimate of drug-likeness (QED) is 0.869. The number of methoxy groups -OCH3 is 1. The molecule has 0 spiro atoms. The van der Waals surface area contributed by atoms with Crippen molar-refractivity contribution in [2.45, 2.75) is 12.1 Å². The van der Waals surface area contributed by atoms with Gasteiger partial charge in [-0.25, -0.2) is 4.39 Å². The number of ether oxygens (including phenoxy) is 1. The van der Waals surface area contributed by atoms with Gasteiger partial charge in [-0.3, -0.25) is 4.79 Å². The first-order chi connectivity index (χ1) is 8.63. The molecule has 1 saturated heterocycles. The Bertz CT molecular complexity index is 456. The molecule has 0 radical (unpaired) electrons. The second-order valence-electron chi connectivity index (χ2n) is 4.11. The first-order valence-corrected chi connectivity index (χ1v) is 5.99. The molecule has 2 atom stereocenters. The van der Waals surface area contributed by atoms with Crippen LogP contribution in [-0.4, -0.2) is 38.3 Å². The molecule has 1 aliphatic heterocycles. The van der Waals surface area contributed by atoms with Crippen molar-refractivity contribution < 1.29 is 13.9 Å². The standard InChI is InChI=1S/C12H14ClFN2O2/c1-18-10-6-15-5-9(10)16-12(17)7-3-2-4-8(13)11(7)14/h2-4,9-10,15H,5-6H2,1H3,(H,16,17)/t9?,10-/m0/s1. The molecule has 0 saturated carbocycles. The third kappa shape index (κ3) is 2.63. The van der Waals surface area contributed by atoms with E-state index in [0.717, 1.165) is 0 Å². The van der Waals surface area contributed by atoms with Crippen LogP contribution in [-0.2, 0) is 4.74 Å². The highest BCUT2D eigenvalue weighted by Crippen LogP contribution is 2.18. The van der Waals surface area contributed by atoms with Gasteiger partial charge < -0.3 is 15.4 Å². The molecule has 0 aromatic heterocycles. The zero-order valence-corrected chi connectivity index (χ0v) is 10.6. The van der Waals surface area contributed by atoms with Crippen molar-refractivity contribution in [2.24, 2.45) is 0 Å². The van der Waals surface area contributed by atoms with Crippen LogP contribution in [0.5, 0.6) is 0 Å². The maximum absolute atomic E-state index is 13.7. The molecule has 1 aromatic carbocycles. The summed E-state index contributed by atoms with van der Waals surface area (Å²) in [6.45, 7) is 1.27. The molecule has 0 aliphatic carbocycles. The van der Waals surface area contributed by atoms with Crippen LogP contribution in [0.15, 0.2) is 18.2 Å². The predicted octanol–water partition coefficient (Wildman–Crippen LogP) is 1.20. The van der Waals surface area contributed by atoms with Crippen molar-refractivity contribution in [1.29, 1.82) is 0 Å². The minimum atomic E-state index is -0.698. The fourth-order valence-electron chi connectivity index (χ4n) is 1.97. The average Bonchev–Trinajstić information content (AvgIpc) is 2.79. The smallest absolute Gasteiger partial charge is 0.254 e. The van der Waals surface area contributed by atoms with Gasteiger partial charge in [0.25, 0.3) is 5.91 Å². The number of hydrogen-bond donors (Lipinski definition) is 2. The van der Waals surface area contributed by atoms with E-state index in [0.29, 0.717) is 13.1 Å². The summed E-state index contributed by atoms with van der Waals surface area (Å²) >= 11 is 5.64. The molecule has 98 valence electrons. The Morgan fingerprint density at radius 1 is 1.56 bits per heavy atom. The van der Waals surface area contributed by atoms with Crippen molar-refractivity contribution in [3.05, 3.63) is 34.6 Å². The van der Waals surface area contributed by atoms with Crippen molar-refractivity contribution in [1.82, 2.24) is 10.6 Å². The van der Waals surface area contributed by atoms with Crippen LogP contribution in [0.25, 0.3) is 0 Å². The minimum Gasteiger partial charge on any atom is -0.378 e. The number of carbonyl (C=O) groups is 1. The summed E-state index contributed by atoms with van der Waals surface area (Å²) < 4.78 is 18.9. The molecule has 4 nitrogen and oxygen atoms in total. The van der Waals surface area contributed by atoms with E-state index >= 15 is 0 Å². The van der Waals surface area contributed by atoms with Gasteiger partial charge in [-0.1, -0.05) is 17.7 Å². The highest BCUT2D eigenvalue weighted by Gasteiger charge is 2.29.